The zero-order valence-electron chi connectivity index (χ0n) is 9.80. The second-order valence-corrected chi connectivity index (χ2v) is 5.69. The molecule has 5 heteroatoms. The highest BCUT2D eigenvalue weighted by Crippen LogP contribution is 2.28. The van der Waals surface area contributed by atoms with E-state index in [-0.39, 0.29) is 12.0 Å². The first kappa shape index (κ1) is 11.5. The molecule has 0 bridgehead atoms. The summed E-state index contributed by atoms with van der Waals surface area (Å²) in [6, 6.07) is 7.53. The number of amides is 1. The molecule has 0 spiro atoms. The molecule has 1 fully saturated rings. The average Bonchev–Trinajstić information content (AvgIpc) is 2.93. The van der Waals surface area contributed by atoms with Crippen LogP contribution < -0.4 is 5.73 Å². The molecule has 2 heterocycles. The number of thiophene rings is 1. The van der Waals surface area contributed by atoms with Gasteiger partial charge in [0.1, 0.15) is 0 Å². The number of carbonyl (C=O) groups is 1. The highest BCUT2D eigenvalue weighted by atomic mass is 32.1. The van der Waals surface area contributed by atoms with Gasteiger partial charge in [0, 0.05) is 23.5 Å². The van der Waals surface area contributed by atoms with Gasteiger partial charge < -0.3 is 15.7 Å². The number of rotatable bonds is 1. The van der Waals surface area contributed by atoms with Crippen molar-refractivity contribution in [3.8, 4) is 0 Å². The Morgan fingerprint density at radius 3 is 3.00 bits per heavy atom. The lowest BCUT2D eigenvalue weighted by atomic mass is 10.2. The van der Waals surface area contributed by atoms with E-state index < -0.39 is 0 Å². The summed E-state index contributed by atoms with van der Waals surface area (Å²) in [4.78, 5) is 14.7. The minimum atomic E-state index is -0.376. The molecule has 1 atom stereocenters. The number of β-amino-alcohol motifs (C(OH)–C–C–N with tert-alkyl or cyclic N) is 1. The van der Waals surface area contributed by atoms with Crippen LogP contribution in [-0.2, 0) is 0 Å². The third-order valence-corrected chi connectivity index (χ3v) is 4.31. The van der Waals surface area contributed by atoms with E-state index >= 15 is 0 Å². The topological polar surface area (TPSA) is 66.6 Å². The summed E-state index contributed by atoms with van der Waals surface area (Å²) in [6.45, 7) is 1.08. The van der Waals surface area contributed by atoms with Crippen molar-refractivity contribution < 1.29 is 9.90 Å². The van der Waals surface area contributed by atoms with Crippen molar-refractivity contribution in [1.82, 2.24) is 4.90 Å². The second kappa shape index (κ2) is 4.26. The van der Waals surface area contributed by atoms with E-state index in [9.17, 15) is 9.90 Å². The first-order valence-corrected chi connectivity index (χ1v) is 6.71. The van der Waals surface area contributed by atoms with Crippen molar-refractivity contribution in [2.45, 2.75) is 12.5 Å². The summed E-state index contributed by atoms with van der Waals surface area (Å²) in [5, 5.41) is 10.5. The van der Waals surface area contributed by atoms with Crippen LogP contribution in [0.1, 0.15) is 16.1 Å². The molecule has 1 amide bonds. The molecule has 1 saturated heterocycles. The average molecular weight is 262 g/mol. The molecule has 1 aromatic carbocycles. The highest BCUT2D eigenvalue weighted by molar-refractivity contribution is 7.20. The number of aliphatic hydroxyl groups is 1. The van der Waals surface area contributed by atoms with Gasteiger partial charge in [-0.15, -0.1) is 11.3 Å². The van der Waals surface area contributed by atoms with E-state index in [2.05, 4.69) is 0 Å². The number of nitrogens with zero attached hydrogens (tertiary/aromatic N) is 1. The molecule has 0 unspecified atom stereocenters. The summed E-state index contributed by atoms with van der Waals surface area (Å²) in [6.07, 6.45) is 0.294. The Labute approximate surface area is 109 Å². The number of nitrogen functional groups attached to an aromatic ring is 1. The van der Waals surface area contributed by atoms with Gasteiger partial charge in [-0.05, 0) is 36.1 Å². The van der Waals surface area contributed by atoms with Gasteiger partial charge in [0.25, 0.3) is 5.91 Å². The Morgan fingerprint density at radius 1 is 1.44 bits per heavy atom. The number of anilines is 1. The third kappa shape index (κ3) is 1.95. The zero-order valence-corrected chi connectivity index (χ0v) is 10.6. The second-order valence-electron chi connectivity index (χ2n) is 4.60. The van der Waals surface area contributed by atoms with E-state index in [4.69, 9.17) is 5.73 Å². The van der Waals surface area contributed by atoms with E-state index in [1.54, 1.807) is 4.90 Å². The minimum Gasteiger partial charge on any atom is -0.399 e. The van der Waals surface area contributed by atoms with Crippen LogP contribution in [0.4, 0.5) is 5.69 Å². The maximum absolute atomic E-state index is 12.2. The number of hydrogen-bond acceptors (Lipinski definition) is 4. The van der Waals surface area contributed by atoms with Crippen molar-refractivity contribution in [3.63, 3.8) is 0 Å². The molecule has 94 valence electrons. The van der Waals surface area contributed by atoms with Gasteiger partial charge in [0.05, 0.1) is 11.0 Å². The van der Waals surface area contributed by atoms with Crippen molar-refractivity contribution in [2.75, 3.05) is 18.8 Å². The molecule has 1 aromatic heterocycles. The van der Waals surface area contributed by atoms with Crippen LogP contribution in [0, 0.1) is 0 Å². The number of benzene rings is 1. The van der Waals surface area contributed by atoms with E-state index in [0.29, 0.717) is 30.1 Å². The molecule has 18 heavy (non-hydrogen) atoms. The van der Waals surface area contributed by atoms with Crippen LogP contribution in [0.25, 0.3) is 10.1 Å². The van der Waals surface area contributed by atoms with E-state index in [1.165, 1.54) is 11.3 Å². The van der Waals surface area contributed by atoms with Gasteiger partial charge >= 0.3 is 0 Å². The summed E-state index contributed by atoms with van der Waals surface area (Å²) >= 11 is 1.47. The Balaban J connectivity index is 1.92. The lowest BCUT2D eigenvalue weighted by molar-refractivity contribution is 0.0770. The van der Waals surface area contributed by atoms with Gasteiger partial charge in [0.15, 0.2) is 0 Å². The van der Waals surface area contributed by atoms with Crippen LogP contribution in [0.2, 0.25) is 0 Å². The molecule has 1 aliphatic heterocycles. The van der Waals surface area contributed by atoms with Gasteiger partial charge in [0.2, 0.25) is 0 Å². The normalized spacial score (nSPS) is 19.6. The quantitative estimate of drug-likeness (QED) is 0.769. The molecule has 0 radical (unpaired) electrons. The molecule has 2 aromatic rings. The summed E-state index contributed by atoms with van der Waals surface area (Å²) in [5.41, 5.74) is 6.43. The van der Waals surface area contributed by atoms with Crippen molar-refractivity contribution in [3.05, 3.63) is 29.1 Å². The molecule has 3 rings (SSSR count). The van der Waals surface area contributed by atoms with Gasteiger partial charge in [-0.25, -0.2) is 0 Å². The number of fused-ring (bicyclic) bond motifs is 1. The van der Waals surface area contributed by atoms with Crippen LogP contribution in [-0.4, -0.2) is 35.1 Å². The van der Waals surface area contributed by atoms with Crippen molar-refractivity contribution >= 4 is 33.0 Å². The first-order valence-electron chi connectivity index (χ1n) is 5.90. The molecular weight excluding hydrogens is 248 g/mol. The number of hydrogen-bond donors (Lipinski definition) is 2. The smallest absolute Gasteiger partial charge is 0.264 e. The van der Waals surface area contributed by atoms with E-state index in [0.717, 1.165) is 10.1 Å². The predicted octanol–water partition coefficient (Wildman–Crippen LogP) is 1.69. The highest BCUT2D eigenvalue weighted by Gasteiger charge is 2.26. The standard InChI is InChI=1S/C13H14N2O2S/c14-9-1-2-11-8(5-9)6-12(18-11)13(17)15-4-3-10(16)7-15/h1-2,5-6,10,16H,3-4,7,14H2/t10-/m0/s1. The fourth-order valence-electron chi connectivity index (χ4n) is 2.25. The monoisotopic (exact) mass is 262 g/mol. The number of nitrogens with two attached hydrogens (primary N) is 1. The van der Waals surface area contributed by atoms with E-state index in [1.807, 2.05) is 24.3 Å². The lowest BCUT2D eigenvalue weighted by Crippen LogP contribution is -2.28. The summed E-state index contributed by atoms with van der Waals surface area (Å²) in [7, 11) is 0. The fourth-order valence-corrected chi connectivity index (χ4v) is 3.26. The molecular formula is C13H14N2O2S. The van der Waals surface area contributed by atoms with Crippen LogP contribution in [0.15, 0.2) is 24.3 Å². The molecule has 0 aliphatic carbocycles. The minimum absolute atomic E-state index is 0.00585. The molecule has 4 nitrogen and oxygen atoms in total. The van der Waals surface area contributed by atoms with Gasteiger partial charge in [-0.1, -0.05) is 0 Å². The van der Waals surface area contributed by atoms with Crippen molar-refractivity contribution in [2.24, 2.45) is 0 Å². The SMILES string of the molecule is Nc1ccc2sc(C(=O)N3CC[C@H](O)C3)cc2c1. The van der Waals surface area contributed by atoms with Crippen LogP contribution in [0.5, 0.6) is 0 Å². The number of carbonyl (C=O) groups excluding carboxylic acids is 1. The van der Waals surface area contributed by atoms with Gasteiger partial charge in [-0.3, -0.25) is 4.79 Å². The third-order valence-electron chi connectivity index (χ3n) is 3.20. The maximum Gasteiger partial charge on any atom is 0.264 e. The van der Waals surface area contributed by atoms with Crippen molar-refractivity contribution in [1.29, 1.82) is 0 Å². The summed E-state index contributed by atoms with van der Waals surface area (Å²) < 4.78 is 1.06. The van der Waals surface area contributed by atoms with Gasteiger partial charge in [-0.2, -0.15) is 0 Å². The summed E-state index contributed by atoms with van der Waals surface area (Å²) in [5.74, 6) is 0.00585. The molecule has 3 N–H and O–H groups in total. The number of likely N-dealkylation sites (tertiary alicyclic amines) is 1. The maximum atomic E-state index is 12.2. The fraction of sp³-hybridized carbons (Fsp3) is 0.308. The molecule has 0 saturated carbocycles. The Kier molecular flexibility index (Phi) is 2.72. The van der Waals surface area contributed by atoms with Crippen LogP contribution >= 0.6 is 11.3 Å². The van der Waals surface area contributed by atoms with Crippen LogP contribution in [0.3, 0.4) is 0 Å². The Hall–Kier alpha value is -1.59. The molecule has 1 aliphatic rings. The first-order chi connectivity index (χ1) is 8.63. The lowest BCUT2D eigenvalue weighted by Gasteiger charge is -2.13. The zero-order chi connectivity index (χ0) is 12.7. The largest absolute Gasteiger partial charge is 0.399 e. The number of aliphatic hydroxyl groups excluding tert-OH is 1. The predicted molar refractivity (Wildman–Crippen MR) is 72.8 cm³/mol. The Bertz CT molecular complexity index is 608. The Morgan fingerprint density at radius 2 is 2.28 bits per heavy atom.